The number of aromatic nitrogens is 2. The van der Waals surface area contributed by atoms with Crippen molar-refractivity contribution in [2.24, 2.45) is 0 Å². The normalized spacial score (nSPS) is 11.8. The third-order valence-corrected chi connectivity index (χ3v) is 4.72. The van der Waals surface area contributed by atoms with Crippen molar-refractivity contribution in [3.63, 3.8) is 0 Å². The summed E-state index contributed by atoms with van der Waals surface area (Å²) >= 11 is 1.65. The molecular formula is C14H22N4OS. The molecule has 0 aliphatic carbocycles. The van der Waals surface area contributed by atoms with Crippen molar-refractivity contribution in [1.82, 2.24) is 9.97 Å². The summed E-state index contributed by atoms with van der Waals surface area (Å²) in [6, 6.07) is 2.09. The van der Waals surface area contributed by atoms with E-state index in [0.29, 0.717) is 5.95 Å². The zero-order valence-corrected chi connectivity index (χ0v) is 13.3. The first-order valence-corrected chi connectivity index (χ1v) is 7.74. The molecule has 0 aliphatic rings. The molecule has 0 fully saturated rings. The van der Waals surface area contributed by atoms with Gasteiger partial charge in [0.15, 0.2) is 0 Å². The second-order valence-corrected chi connectivity index (χ2v) is 6.23. The number of hydrogen-bond donors (Lipinski definition) is 3. The Morgan fingerprint density at radius 1 is 1.30 bits per heavy atom. The lowest BCUT2D eigenvalue weighted by atomic mass is 9.94. The van der Waals surface area contributed by atoms with Crippen molar-refractivity contribution in [3.8, 4) is 0 Å². The van der Waals surface area contributed by atoms with Crippen molar-refractivity contribution >= 4 is 33.3 Å². The zero-order valence-electron chi connectivity index (χ0n) is 12.4. The largest absolute Gasteiger partial charge is 0.394 e. The lowest BCUT2D eigenvalue weighted by molar-refractivity contribution is 0.202. The highest BCUT2D eigenvalue weighted by Crippen LogP contribution is 2.32. The molecule has 2 aromatic rings. The Balaban J connectivity index is 2.51. The Bertz CT molecular complexity index is 584. The van der Waals surface area contributed by atoms with E-state index in [-0.39, 0.29) is 12.1 Å². The minimum absolute atomic E-state index is 0.0868. The van der Waals surface area contributed by atoms with Gasteiger partial charge in [-0.1, -0.05) is 13.8 Å². The van der Waals surface area contributed by atoms with Gasteiger partial charge in [-0.3, -0.25) is 0 Å². The van der Waals surface area contributed by atoms with Gasteiger partial charge in [-0.25, -0.2) is 4.98 Å². The van der Waals surface area contributed by atoms with Crippen LogP contribution in [-0.2, 0) is 0 Å². The van der Waals surface area contributed by atoms with E-state index in [1.54, 1.807) is 11.3 Å². The maximum Gasteiger partial charge on any atom is 0.225 e. The Hall–Kier alpha value is -1.40. The van der Waals surface area contributed by atoms with Crippen LogP contribution < -0.4 is 10.6 Å². The van der Waals surface area contributed by atoms with Gasteiger partial charge in [-0.2, -0.15) is 4.98 Å². The van der Waals surface area contributed by atoms with Gasteiger partial charge in [0, 0.05) is 11.9 Å². The number of nitrogens with zero attached hydrogens (tertiary/aromatic N) is 2. The number of nitrogens with one attached hydrogen (secondary N) is 2. The van der Waals surface area contributed by atoms with Crippen molar-refractivity contribution in [2.75, 3.05) is 24.3 Å². The Morgan fingerprint density at radius 3 is 2.55 bits per heavy atom. The van der Waals surface area contributed by atoms with Gasteiger partial charge in [0.1, 0.15) is 10.6 Å². The lowest BCUT2D eigenvalue weighted by Gasteiger charge is -2.31. The fourth-order valence-electron chi connectivity index (χ4n) is 2.19. The molecule has 0 saturated carbocycles. The van der Waals surface area contributed by atoms with Crippen LogP contribution in [0.15, 0.2) is 6.07 Å². The van der Waals surface area contributed by atoms with Gasteiger partial charge in [0.2, 0.25) is 5.95 Å². The quantitative estimate of drug-likeness (QED) is 0.764. The molecule has 0 radical (unpaired) electrons. The second kappa shape index (κ2) is 5.93. The van der Waals surface area contributed by atoms with Gasteiger partial charge in [0.05, 0.1) is 17.5 Å². The Morgan fingerprint density at radius 2 is 2.00 bits per heavy atom. The smallest absolute Gasteiger partial charge is 0.225 e. The van der Waals surface area contributed by atoms with Crippen LogP contribution in [0.1, 0.15) is 31.6 Å². The van der Waals surface area contributed by atoms with Crippen LogP contribution in [0.25, 0.3) is 10.2 Å². The number of hydrogen-bond acceptors (Lipinski definition) is 6. The number of aliphatic hydroxyl groups excluding tert-OH is 1. The first-order chi connectivity index (χ1) is 9.57. The first-order valence-electron chi connectivity index (χ1n) is 6.92. The van der Waals surface area contributed by atoms with Crippen molar-refractivity contribution < 1.29 is 5.11 Å². The first kappa shape index (κ1) is 15.0. The molecular weight excluding hydrogens is 272 g/mol. The number of aryl methyl sites for hydroxylation is 1. The molecule has 0 aromatic carbocycles. The summed E-state index contributed by atoms with van der Waals surface area (Å²) in [5.41, 5.74) is -0.331. The van der Waals surface area contributed by atoms with Crippen molar-refractivity contribution in [1.29, 1.82) is 0 Å². The molecule has 0 aliphatic heterocycles. The van der Waals surface area contributed by atoms with Crippen LogP contribution >= 0.6 is 11.3 Å². The highest BCUT2D eigenvalue weighted by atomic mass is 32.1. The number of anilines is 2. The van der Waals surface area contributed by atoms with E-state index in [2.05, 4.69) is 47.4 Å². The SMILES string of the molecule is CCC(CC)(CO)Nc1nc(NC)nc2sc(C)cc12. The maximum atomic E-state index is 9.72. The average Bonchev–Trinajstić information content (AvgIpc) is 2.85. The molecule has 0 spiro atoms. The number of aliphatic hydroxyl groups is 1. The van der Waals surface area contributed by atoms with Crippen LogP contribution in [-0.4, -0.2) is 34.3 Å². The molecule has 20 heavy (non-hydrogen) atoms. The van der Waals surface area contributed by atoms with E-state index >= 15 is 0 Å². The predicted octanol–water partition coefficient (Wildman–Crippen LogP) is 3.00. The monoisotopic (exact) mass is 294 g/mol. The van der Waals surface area contributed by atoms with Crippen LogP contribution in [0.4, 0.5) is 11.8 Å². The van der Waals surface area contributed by atoms with Crippen LogP contribution in [0.2, 0.25) is 0 Å². The molecule has 0 atom stereocenters. The Kier molecular flexibility index (Phi) is 4.45. The van der Waals surface area contributed by atoms with E-state index in [9.17, 15) is 5.11 Å². The standard InChI is InChI=1S/C14H22N4OS/c1-5-14(6-2,8-19)18-11-10-7-9(3)20-12(10)17-13(15-4)16-11/h7,19H,5-6,8H2,1-4H3,(H2,15,16,17,18). The van der Waals surface area contributed by atoms with Gasteiger partial charge >= 0.3 is 0 Å². The summed E-state index contributed by atoms with van der Waals surface area (Å²) in [6.07, 6.45) is 1.67. The molecule has 2 rings (SSSR count). The maximum absolute atomic E-state index is 9.72. The van der Waals surface area contributed by atoms with Gasteiger partial charge in [-0.05, 0) is 25.8 Å². The molecule has 0 amide bonds. The minimum atomic E-state index is -0.331. The van der Waals surface area contributed by atoms with Crippen molar-refractivity contribution in [3.05, 3.63) is 10.9 Å². The second-order valence-electron chi connectivity index (χ2n) is 4.99. The average molecular weight is 294 g/mol. The zero-order chi connectivity index (χ0) is 14.8. The number of thiophene rings is 1. The van der Waals surface area contributed by atoms with Crippen LogP contribution in [0, 0.1) is 6.92 Å². The summed E-state index contributed by atoms with van der Waals surface area (Å²) in [7, 11) is 1.81. The molecule has 3 N–H and O–H groups in total. The molecule has 5 nitrogen and oxygen atoms in total. The van der Waals surface area contributed by atoms with Crippen molar-refractivity contribution in [2.45, 2.75) is 39.2 Å². The topological polar surface area (TPSA) is 70.1 Å². The highest BCUT2D eigenvalue weighted by Gasteiger charge is 2.26. The van der Waals surface area contributed by atoms with Gasteiger partial charge in [0.25, 0.3) is 0 Å². The number of rotatable bonds is 6. The van der Waals surface area contributed by atoms with E-state index in [4.69, 9.17) is 0 Å². The third kappa shape index (κ3) is 2.71. The van der Waals surface area contributed by atoms with E-state index in [1.807, 2.05) is 7.05 Å². The van der Waals surface area contributed by atoms with E-state index < -0.39 is 0 Å². The number of fused-ring (bicyclic) bond motifs is 1. The van der Waals surface area contributed by atoms with E-state index in [1.165, 1.54) is 4.88 Å². The highest BCUT2D eigenvalue weighted by molar-refractivity contribution is 7.18. The summed E-state index contributed by atoms with van der Waals surface area (Å²) in [4.78, 5) is 11.2. The molecule has 2 aromatic heterocycles. The fraction of sp³-hybridized carbons (Fsp3) is 0.571. The minimum Gasteiger partial charge on any atom is -0.394 e. The molecule has 2 heterocycles. The lowest BCUT2D eigenvalue weighted by Crippen LogP contribution is -2.41. The molecule has 0 unspecified atom stereocenters. The third-order valence-electron chi connectivity index (χ3n) is 3.78. The van der Waals surface area contributed by atoms with E-state index in [0.717, 1.165) is 28.9 Å². The molecule has 0 bridgehead atoms. The summed E-state index contributed by atoms with van der Waals surface area (Å²) < 4.78 is 0. The molecule has 6 heteroatoms. The summed E-state index contributed by atoms with van der Waals surface area (Å²) in [5.74, 6) is 1.39. The summed E-state index contributed by atoms with van der Waals surface area (Å²) in [5, 5.41) is 17.2. The van der Waals surface area contributed by atoms with Crippen LogP contribution in [0.5, 0.6) is 0 Å². The fourth-order valence-corrected chi connectivity index (χ4v) is 3.07. The molecule has 0 saturated heterocycles. The molecule has 110 valence electrons. The van der Waals surface area contributed by atoms with Gasteiger partial charge < -0.3 is 15.7 Å². The summed E-state index contributed by atoms with van der Waals surface area (Å²) in [6.45, 7) is 6.30. The van der Waals surface area contributed by atoms with Gasteiger partial charge in [-0.15, -0.1) is 11.3 Å². The predicted molar refractivity (Wildman–Crippen MR) is 85.7 cm³/mol. The van der Waals surface area contributed by atoms with Crippen LogP contribution in [0.3, 0.4) is 0 Å². The Labute approximate surface area is 123 Å².